The van der Waals surface area contributed by atoms with Gasteiger partial charge in [0, 0.05) is 18.8 Å². The molecule has 1 unspecified atom stereocenters. The standard InChI is InChI=1S/C12H15F2N3O/c13-12(14)5-1-2-8(6-12)11(18)17-10-4-3-9(15)7-16-10/h3-4,7-8H,1-2,5-6,15H2,(H,16,17,18). The van der Waals surface area contributed by atoms with Gasteiger partial charge in [0.25, 0.3) is 0 Å². The lowest BCUT2D eigenvalue weighted by Gasteiger charge is -2.27. The van der Waals surface area contributed by atoms with E-state index in [1.54, 1.807) is 12.1 Å². The Balaban J connectivity index is 1.97. The van der Waals surface area contributed by atoms with Crippen LogP contribution in [0.2, 0.25) is 0 Å². The first-order chi connectivity index (χ1) is 8.46. The van der Waals surface area contributed by atoms with E-state index in [0.717, 1.165) is 0 Å². The second kappa shape index (κ2) is 4.88. The summed E-state index contributed by atoms with van der Waals surface area (Å²) >= 11 is 0. The average Bonchev–Trinajstić information content (AvgIpc) is 2.31. The van der Waals surface area contributed by atoms with Gasteiger partial charge in [0.05, 0.1) is 11.9 Å². The van der Waals surface area contributed by atoms with Crippen molar-refractivity contribution in [3.8, 4) is 0 Å². The van der Waals surface area contributed by atoms with E-state index in [4.69, 9.17) is 5.73 Å². The third kappa shape index (κ3) is 3.15. The van der Waals surface area contributed by atoms with E-state index < -0.39 is 17.7 Å². The van der Waals surface area contributed by atoms with Crippen LogP contribution in [-0.4, -0.2) is 16.8 Å². The maximum atomic E-state index is 13.2. The minimum atomic E-state index is -2.73. The number of nitrogens with one attached hydrogen (secondary N) is 1. The molecule has 3 N–H and O–H groups in total. The van der Waals surface area contributed by atoms with Crippen molar-refractivity contribution < 1.29 is 13.6 Å². The second-order valence-corrected chi connectivity index (χ2v) is 4.62. The number of hydrogen-bond acceptors (Lipinski definition) is 3. The highest BCUT2D eigenvalue weighted by Gasteiger charge is 2.39. The Bertz CT molecular complexity index is 433. The Morgan fingerprint density at radius 3 is 2.89 bits per heavy atom. The molecule has 1 saturated carbocycles. The summed E-state index contributed by atoms with van der Waals surface area (Å²) in [5.74, 6) is -3.43. The highest BCUT2D eigenvalue weighted by molar-refractivity contribution is 5.91. The summed E-state index contributed by atoms with van der Waals surface area (Å²) in [6, 6.07) is 3.15. The number of amides is 1. The Morgan fingerprint density at radius 1 is 1.50 bits per heavy atom. The van der Waals surface area contributed by atoms with E-state index in [9.17, 15) is 13.6 Å². The lowest BCUT2D eigenvalue weighted by atomic mass is 9.86. The highest BCUT2D eigenvalue weighted by atomic mass is 19.3. The molecule has 18 heavy (non-hydrogen) atoms. The van der Waals surface area contributed by atoms with Crippen LogP contribution in [0, 0.1) is 5.92 Å². The molecule has 0 aromatic carbocycles. The van der Waals surface area contributed by atoms with E-state index in [1.807, 2.05) is 0 Å². The third-order valence-corrected chi connectivity index (χ3v) is 3.05. The molecule has 0 saturated heterocycles. The Kier molecular flexibility index (Phi) is 3.45. The molecule has 1 aromatic rings. The molecular weight excluding hydrogens is 240 g/mol. The Labute approximate surface area is 104 Å². The van der Waals surface area contributed by atoms with Crippen LogP contribution in [0.25, 0.3) is 0 Å². The molecule has 1 amide bonds. The summed E-state index contributed by atoms with van der Waals surface area (Å²) in [6.07, 6.45) is 1.77. The lowest BCUT2D eigenvalue weighted by Crippen LogP contribution is -2.33. The van der Waals surface area contributed by atoms with Crippen molar-refractivity contribution in [3.05, 3.63) is 18.3 Å². The van der Waals surface area contributed by atoms with E-state index in [-0.39, 0.29) is 12.8 Å². The number of halogens is 2. The van der Waals surface area contributed by atoms with Crippen molar-refractivity contribution in [1.29, 1.82) is 0 Å². The van der Waals surface area contributed by atoms with Crippen molar-refractivity contribution in [2.24, 2.45) is 5.92 Å². The number of pyridine rings is 1. The van der Waals surface area contributed by atoms with Gasteiger partial charge in [-0.3, -0.25) is 4.79 Å². The first-order valence-electron chi connectivity index (χ1n) is 5.86. The van der Waals surface area contributed by atoms with Gasteiger partial charge in [0.2, 0.25) is 11.8 Å². The summed E-state index contributed by atoms with van der Waals surface area (Å²) in [5, 5.41) is 2.54. The Morgan fingerprint density at radius 2 is 2.28 bits per heavy atom. The van der Waals surface area contributed by atoms with Crippen molar-refractivity contribution in [1.82, 2.24) is 4.98 Å². The van der Waals surface area contributed by atoms with Crippen molar-refractivity contribution >= 4 is 17.4 Å². The summed E-state index contributed by atoms with van der Waals surface area (Å²) in [7, 11) is 0. The topological polar surface area (TPSA) is 68.0 Å². The number of aromatic nitrogens is 1. The van der Waals surface area contributed by atoms with Gasteiger partial charge in [-0.2, -0.15) is 0 Å². The molecule has 1 aliphatic carbocycles. The third-order valence-electron chi connectivity index (χ3n) is 3.05. The zero-order valence-electron chi connectivity index (χ0n) is 9.83. The van der Waals surface area contributed by atoms with Gasteiger partial charge < -0.3 is 11.1 Å². The molecule has 4 nitrogen and oxygen atoms in total. The molecule has 0 spiro atoms. The average molecular weight is 255 g/mol. The molecule has 0 aliphatic heterocycles. The molecule has 98 valence electrons. The zero-order chi connectivity index (χ0) is 13.2. The number of anilines is 2. The van der Waals surface area contributed by atoms with Crippen LogP contribution >= 0.6 is 0 Å². The summed E-state index contributed by atoms with van der Waals surface area (Å²) in [4.78, 5) is 15.7. The first kappa shape index (κ1) is 12.7. The van der Waals surface area contributed by atoms with Crippen molar-refractivity contribution in [2.45, 2.75) is 31.6 Å². The van der Waals surface area contributed by atoms with Gasteiger partial charge in [0.1, 0.15) is 5.82 Å². The number of alkyl halides is 2. The van der Waals surface area contributed by atoms with Gasteiger partial charge >= 0.3 is 0 Å². The largest absolute Gasteiger partial charge is 0.397 e. The van der Waals surface area contributed by atoms with Gasteiger partial charge in [-0.1, -0.05) is 0 Å². The monoisotopic (exact) mass is 255 g/mol. The molecule has 1 atom stereocenters. The SMILES string of the molecule is Nc1ccc(NC(=O)C2CCCC(F)(F)C2)nc1. The van der Waals surface area contributed by atoms with Gasteiger partial charge in [-0.25, -0.2) is 13.8 Å². The molecule has 1 aliphatic rings. The fourth-order valence-electron chi connectivity index (χ4n) is 2.10. The molecule has 0 bridgehead atoms. The number of nitrogen functional groups attached to an aromatic ring is 1. The van der Waals surface area contributed by atoms with E-state index in [1.165, 1.54) is 6.20 Å². The minimum absolute atomic E-state index is 0.128. The summed E-state index contributed by atoms with van der Waals surface area (Å²) in [6.45, 7) is 0. The van der Waals surface area contributed by atoms with Crippen LogP contribution < -0.4 is 11.1 Å². The van der Waals surface area contributed by atoms with Crippen molar-refractivity contribution in [3.63, 3.8) is 0 Å². The number of carbonyl (C=O) groups excluding carboxylic acids is 1. The van der Waals surface area contributed by atoms with Crippen LogP contribution in [0.4, 0.5) is 20.3 Å². The lowest BCUT2D eigenvalue weighted by molar-refractivity contribution is -0.127. The number of nitrogens with two attached hydrogens (primary N) is 1. The smallest absolute Gasteiger partial charge is 0.248 e. The molecule has 6 heteroatoms. The predicted molar refractivity (Wildman–Crippen MR) is 64.2 cm³/mol. The molecule has 1 heterocycles. The molecule has 2 rings (SSSR count). The van der Waals surface area contributed by atoms with Crippen LogP contribution in [0.5, 0.6) is 0 Å². The normalized spacial score (nSPS) is 22.4. The fraction of sp³-hybridized carbons (Fsp3) is 0.500. The summed E-state index contributed by atoms with van der Waals surface area (Å²) < 4.78 is 26.4. The van der Waals surface area contributed by atoms with Gasteiger partial charge in [-0.05, 0) is 25.0 Å². The summed E-state index contributed by atoms with van der Waals surface area (Å²) in [5.41, 5.74) is 5.94. The van der Waals surface area contributed by atoms with E-state index >= 15 is 0 Å². The van der Waals surface area contributed by atoms with Crippen LogP contribution in [0.3, 0.4) is 0 Å². The number of rotatable bonds is 2. The zero-order valence-corrected chi connectivity index (χ0v) is 9.83. The number of carbonyl (C=O) groups is 1. The van der Waals surface area contributed by atoms with Crippen molar-refractivity contribution in [2.75, 3.05) is 11.1 Å². The number of nitrogens with zero attached hydrogens (tertiary/aromatic N) is 1. The first-order valence-corrected chi connectivity index (χ1v) is 5.86. The minimum Gasteiger partial charge on any atom is -0.397 e. The van der Waals surface area contributed by atoms with Gasteiger partial charge in [-0.15, -0.1) is 0 Å². The maximum Gasteiger partial charge on any atom is 0.248 e. The van der Waals surface area contributed by atoms with Gasteiger partial charge in [0.15, 0.2) is 0 Å². The quantitative estimate of drug-likeness (QED) is 0.852. The second-order valence-electron chi connectivity index (χ2n) is 4.62. The molecule has 1 aromatic heterocycles. The molecular formula is C12H15F2N3O. The number of hydrogen-bond donors (Lipinski definition) is 2. The molecule has 1 fully saturated rings. The van der Waals surface area contributed by atoms with E-state index in [2.05, 4.69) is 10.3 Å². The fourth-order valence-corrected chi connectivity index (χ4v) is 2.10. The highest BCUT2D eigenvalue weighted by Crippen LogP contribution is 2.36. The molecule has 0 radical (unpaired) electrons. The van der Waals surface area contributed by atoms with Crippen LogP contribution in [0.15, 0.2) is 18.3 Å². The van der Waals surface area contributed by atoms with E-state index in [0.29, 0.717) is 24.3 Å². The van der Waals surface area contributed by atoms with Crippen LogP contribution in [0.1, 0.15) is 25.7 Å². The Hall–Kier alpha value is -1.72. The maximum absolute atomic E-state index is 13.2. The van der Waals surface area contributed by atoms with Crippen LogP contribution in [-0.2, 0) is 4.79 Å². The predicted octanol–water partition coefficient (Wildman–Crippen LogP) is 2.43.